The number of amides is 1. The number of benzene rings is 2. The summed E-state index contributed by atoms with van der Waals surface area (Å²) in [6.07, 6.45) is -2.73. The third-order valence-electron chi connectivity index (χ3n) is 6.88. The zero-order valence-corrected chi connectivity index (χ0v) is 19.9. The molecule has 2 saturated heterocycles. The van der Waals surface area contributed by atoms with Crippen molar-refractivity contribution in [3.8, 4) is 5.75 Å². The van der Waals surface area contributed by atoms with Gasteiger partial charge in [-0.15, -0.1) is 0 Å². The van der Waals surface area contributed by atoms with Crippen molar-refractivity contribution in [1.29, 1.82) is 0 Å². The number of likely N-dealkylation sites (tertiary alicyclic amines) is 1. The van der Waals surface area contributed by atoms with Crippen LogP contribution in [0.25, 0.3) is 0 Å². The Bertz CT molecular complexity index is 1100. The molecule has 2 heterocycles. The number of carboxylic acid groups (broad SMARTS) is 1. The van der Waals surface area contributed by atoms with E-state index in [2.05, 4.69) is 0 Å². The molecule has 2 aromatic rings. The quantitative estimate of drug-likeness (QED) is 0.583. The number of nitrogens with zero attached hydrogens (tertiary/aromatic N) is 2. The summed E-state index contributed by atoms with van der Waals surface area (Å²) in [5, 5.41) is 10.3. The van der Waals surface area contributed by atoms with E-state index in [9.17, 15) is 27.9 Å². The Morgan fingerprint density at radius 2 is 1.74 bits per heavy atom. The summed E-state index contributed by atoms with van der Waals surface area (Å²) in [5.41, 5.74) is 0.477. The number of ether oxygens (including phenoxy) is 1. The van der Waals surface area contributed by atoms with E-state index in [0.29, 0.717) is 49.5 Å². The first-order valence-corrected chi connectivity index (χ1v) is 11.8. The number of aliphatic carboxylic acids is 1. The van der Waals surface area contributed by atoms with Gasteiger partial charge in [0.2, 0.25) is 5.91 Å². The van der Waals surface area contributed by atoms with Crippen molar-refractivity contribution < 1.29 is 32.6 Å². The minimum atomic E-state index is -4.47. The van der Waals surface area contributed by atoms with Crippen LogP contribution in [0.2, 0.25) is 5.02 Å². The van der Waals surface area contributed by atoms with Gasteiger partial charge in [0.25, 0.3) is 0 Å². The number of methoxy groups -OCH3 is 1. The number of carbonyl (C=O) groups is 2. The molecule has 35 heavy (non-hydrogen) atoms. The van der Waals surface area contributed by atoms with E-state index >= 15 is 0 Å². The number of carboxylic acids is 1. The van der Waals surface area contributed by atoms with Gasteiger partial charge in [-0.2, -0.15) is 13.2 Å². The Hall–Kier alpha value is -2.94. The van der Waals surface area contributed by atoms with Gasteiger partial charge in [-0.05, 0) is 55.5 Å². The second-order valence-corrected chi connectivity index (χ2v) is 9.27. The lowest BCUT2D eigenvalue weighted by Crippen LogP contribution is -2.47. The van der Waals surface area contributed by atoms with E-state index in [1.54, 1.807) is 12.1 Å². The van der Waals surface area contributed by atoms with E-state index in [4.69, 9.17) is 16.3 Å². The molecule has 2 aromatic carbocycles. The highest BCUT2D eigenvalue weighted by Gasteiger charge is 2.44. The van der Waals surface area contributed by atoms with Gasteiger partial charge in [0.1, 0.15) is 11.8 Å². The van der Waals surface area contributed by atoms with Crippen molar-refractivity contribution in [3.63, 3.8) is 0 Å². The molecule has 6 nitrogen and oxygen atoms in total. The Balaban J connectivity index is 1.51. The van der Waals surface area contributed by atoms with E-state index in [0.717, 1.165) is 17.7 Å². The topological polar surface area (TPSA) is 70.1 Å². The minimum absolute atomic E-state index is 0.119. The van der Waals surface area contributed by atoms with Crippen molar-refractivity contribution in [2.45, 2.75) is 43.9 Å². The van der Waals surface area contributed by atoms with Gasteiger partial charge in [-0.25, -0.2) is 4.79 Å². The summed E-state index contributed by atoms with van der Waals surface area (Å²) in [6.45, 7) is 0.862. The Morgan fingerprint density at radius 3 is 2.34 bits per heavy atom. The van der Waals surface area contributed by atoms with Crippen molar-refractivity contribution in [3.05, 3.63) is 58.6 Å². The van der Waals surface area contributed by atoms with Crippen LogP contribution >= 0.6 is 11.6 Å². The fourth-order valence-electron chi connectivity index (χ4n) is 5.10. The van der Waals surface area contributed by atoms with Crippen LogP contribution in [0.3, 0.4) is 0 Å². The molecule has 2 aliphatic rings. The van der Waals surface area contributed by atoms with Crippen molar-refractivity contribution in [2.75, 3.05) is 25.1 Å². The summed E-state index contributed by atoms with van der Waals surface area (Å²) < 4.78 is 44.4. The summed E-state index contributed by atoms with van der Waals surface area (Å²) in [5.74, 6) is -1.54. The van der Waals surface area contributed by atoms with Crippen molar-refractivity contribution in [1.82, 2.24) is 4.90 Å². The molecule has 188 valence electrons. The number of piperidine rings is 1. The van der Waals surface area contributed by atoms with Gasteiger partial charge in [0.15, 0.2) is 0 Å². The smallest absolute Gasteiger partial charge is 0.416 e. The van der Waals surface area contributed by atoms with E-state index < -0.39 is 35.7 Å². The molecule has 0 bridgehead atoms. The average Bonchev–Trinajstić information content (AvgIpc) is 3.28. The van der Waals surface area contributed by atoms with Gasteiger partial charge >= 0.3 is 12.1 Å². The summed E-state index contributed by atoms with van der Waals surface area (Å²) in [7, 11) is 1.32. The summed E-state index contributed by atoms with van der Waals surface area (Å²) in [6, 6.07) is 9.19. The van der Waals surface area contributed by atoms with Crippen molar-refractivity contribution >= 4 is 29.2 Å². The first kappa shape index (κ1) is 25.2. The molecule has 1 N–H and O–H groups in total. The number of hydrogen-bond donors (Lipinski definition) is 1. The normalized spacial score (nSPS) is 21.3. The van der Waals surface area contributed by atoms with Crippen LogP contribution in [0, 0.1) is 5.92 Å². The second kappa shape index (κ2) is 9.97. The molecular weight excluding hydrogens is 485 g/mol. The van der Waals surface area contributed by atoms with Crippen LogP contribution in [0.1, 0.15) is 42.9 Å². The monoisotopic (exact) mass is 510 g/mol. The molecule has 1 amide bonds. The standard InChI is InChI=1S/C25H26ClF3N2O4/c1-35-22-14-16(25(27,28)29)6-7-20(22)30-12-10-15(11-13-30)23(32)31-19(8-9-21(31)24(33)34)17-4-2-3-5-18(17)26/h2-7,14-15,19,21H,8-13H2,1H3,(H,33,34)/t19-,21+/m1/s1. The van der Waals surface area contributed by atoms with Crippen LogP contribution < -0.4 is 9.64 Å². The number of rotatable bonds is 5. The Morgan fingerprint density at radius 1 is 1.06 bits per heavy atom. The molecule has 0 spiro atoms. The molecule has 10 heteroatoms. The molecule has 0 radical (unpaired) electrons. The molecule has 0 aliphatic carbocycles. The SMILES string of the molecule is COc1cc(C(F)(F)F)ccc1N1CCC(C(=O)N2[C@@H](c3ccccc3Cl)CC[C@H]2C(=O)O)CC1. The molecule has 2 atom stereocenters. The zero-order chi connectivity index (χ0) is 25.3. The molecule has 2 aliphatic heterocycles. The maximum atomic E-state index is 13.6. The predicted molar refractivity (Wildman–Crippen MR) is 125 cm³/mol. The summed E-state index contributed by atoms with van der Waals surface area (Å²) in [4.78, 5) is 28.9. The van der Waals surface area contributed by atoms with Crippen LogP contribution in [0.5, 0.6) is 5.75 Å². The molecule has 0 unspecified atom stereocenters. The lowest BCUT2D eigenvalue weighted by molar-refractivity contribution is -0.152. The minimum Gasteiger partial charge on any atom is -0.495 e. The van der Waals surface area contributed by atoms with E-state index in [1.807, 2.05) is 17.0 Å². The predicted octanol–water partition coefficient (Wildman–Crippen LogP) is 5.40. The van der Waals surface area contributed by atoms with Crippen LogP contribution in [0.15, 0.2) is 42.5 Å². The molecule has 0 aromatic heterocycles. The van der Waals surface area contributed by atoms with E-state index in [-0.39, 0.29) is 11.7 Å². The van der Waals surface area contributed by atoms with Crippen LogP contribution in [-0.2, 0) is 15.8 Å². The highest BCUT2D eigenvalue weighted by molar-refractivity contribution is 6.31. The largest absolute Gasteiger partial charge is 0.495 e. The highest BCUT2D eigenvalue weighted by Crippen LogP contribution is 2.42. The number of anilines is 1. The number of halogens is 4. The third kappa shape index (κ3) is 5.05. The zero-order valence-electron chi connectivity index (χ0n) is 19.1. The maximum Gasteiger partial charge on any atom is 0.416 e. The molecule has 2 fully saturated rings. The lowest BCUT2D eigenvalue weighted by atomic mass is 9.93. The second-order valence-electron chi connectivity index (χ2n) is 8.86. The van der Waals surface area contributed by atoms with Crippen molar-refractivity contribution in [2.24, 2.45) is 5.92 Å². The number of alkyl halides is 3. The molecule has 0 saturated carbocycles. The van der Waals surface area contributed by atoms with Gasteiger partial charge in [-0.3, -0.25) is 4.79 Å². The fraction of sp³-hybridized carbons (Fsp3) is 0.440. The molecule has 4 rings (SSSR count). The average molecular weight is 511 g/mol. The highest BCUT2D eigenvalue weighted by atomic mass is 35.5. The van der Waals surface area contributed by atoms with Gasteiger partial charge < -0.3 is 19.6 Å². The van der Waals surface area contributed by atoms with Gasteiger partial charge in [0.05, 0.1) is 24.4 Å². The van der Waals surface area contributed by atoms with Gasteiger partial charge in [0, 0.05) is 24.0 Å². The Kier molecular flexibility index (Phi) is 7.17. The summed E-state index contributed by atoms with van der Waals surface area (Å²) >= 11 is 6.37. The first-order chi connectivity index (χ1) is 16.6. The van der Waals surface area contributed by atoms with Gasteiger partial charge in [-0.1, -0.05) is 29.8 Å². The molecular formula is C25H26ClF3N2O4. The third-order valence-corrected chi connectivity index (χ3v) is 7.23. The Labute approximate surface area is 206 Å². The maximum absolute atomic E-state index is 13.6. The van der Waals surface area contributed by atoms with E-state index in [1.165, 1.54) is 18.1 Å². The lowest BCUT2D eigenvalue weighted by Gasteiger charge is -2.37. The number of hydrogen-bond acceptors (Lipinski definition) is 4. The fourth-order valence-corrected chi connectivity index (χ4v) is 5.37. The first-order valence-electron chi connectivity index (χ1n) is 11.4. The van der Waals surface area contributed by atoms with Crippen LogP contribution in [0.4, 0.5) is 18.9 Å². The number of carbonyl (C=O) groups excluding carboxylic acids is 1. The van der Waals surface area contributed by atoms with Crippen LogP contribution in [-0.4, -0.2) is 48.1 Å².